The molecule has 1 aliphatic rings. The molecule has 10 heteroatoms. The maximum Gasteiger partial charge on any atom is 0.154 e. The summed E-state index contributed by atoms with van der Waals surface area (Å²) in [6.45, 7) is 4.55. The Bertz CT molecular complexity index is 1290. The lowest BCUT2D eigenvalue weighted by molar-refractivity contribution is 0.0110. The van der Waals surface area contributed by atoms with E-state index in [4.69, 9.17) is 21.1 Å². The van der Waals surface area contributed by atoms with Crippen LogP contribution in [0.1, 0.15) is 17.9 Å². The van der Waals surface area contributed by atoms with Crippen LogP contribution in [0.15, 0.2) is 42.7 Å². The van der Waals surface area contributed by atoms with Gasteiger partial charge in [-0.3, -0.25) is 0 Å². The van der Waals surface area contributed by atoms with Crippen LogP contribution < -0.4 is 10.1 Å². The molecule has 1 saturated heterocycles. The van der Waals surface area contributed by atoms with Crippen LogP contribution in [0, 0.1) is 13.8 Å². The number of pyridine rings is 2. The number of hydrogen-bond donors (Lipinski definition) is 2. The molecule has 170 valence electrons. The molecule has 0 aromatic carbocycles. The van der Waals surface area contributed by atoms with Gasteiger partial charge in [0.2, 0.25) is 0 Å². The molecule has 4 aromatic heterocycles. The summed E-state index contributed by atoms with van der Waals surface area (Å²) in [6, 6.07) is 9.49. The van der Waals surface area contributed by atoms with Gasteiger partial charge in [0.05, 0.1) is 17.8 Å². The summed E-state index contributed by atoms with van der Waals surface area (Å²) in [5.74, 6) is 2.62. The SMILES string of the molecule is Cc1cc(Nc2cc3cc(-c4cc(Cl)ncc4OC[C@@H]4OCC[C@H]4O)ccn3n2)nc(C)n1. The van der Waals surface area contributed by atoms with E-state index in [0.717, 1.165) is 22.3 Å². The molecular weight excluding hydrogens is 444 g/mol. The van der Waals surface area contributed by atoms with E-state index >= 15 is 0 Å². The average Bonchev–Trinajstić information content (AvgIpc) is 3.36. The molecule has 2 atom stereocenters. The lowest BCUT2D eigenvalue weighted by atomic mass is 10.1. The van der Waals surface area contributed by atoms with Crippen molar-refractivity contribution in [3.63, 3.8) is 0 Å². The summed E-state index contributed by atoms with van der Waals surface area (Å²) < 4.78 is 13.3. The minimum atomic E-state index is -0.523. The zero-order chi connectivity index (χ0) is 22.9. The van der Waals surface area contributed by atoms with Crippen molar-refractivity contribution in [2.24, 2.45) is 0 Å². The lowest BCUT2D eigenvalue weighted by Crippen LogP contribution is -2.28. The van der Waals surface area contributed by atoms with E-state index < -0.39 is 6.10 Å². The summed E-state index contributed by atoms with van der Waals surface area (Å²) in [6.07, 6.45) is 3.20. The van der Waals surface area contributed by atoms with Gasteiger partial charge in [0.25, 0.3) is 0 Å². The Labute approximate surface area is 195 Å². The highest BCUT2D eigenvalue weighted by Gasteiger charge is 2.27. The molecule has 9 nitrogen and oxygen atoms in total. The van der Waals surface area contributed by atoms with Crippen molar-refractivity contribution in [2.75, 3.05) is 18.5 Å². The van der Waals surface area contributed by atoms with E-state index in [1.165, 1.54) is 0 Å². The summed E-state index contributed by atoms with van der Waals surface area (Å²) in [5, 5.41) is 18.2. The highest BCUT2D eigenvalue weighted by atomic mass is 35.5. The predicted molar refractivity (Wildman–Crippen MR) is 124 cm³/mol. The zero-order valence-electron chi connectivity index (χ0n) is 18.2. The van der Waals surface area contributed by atoms with E-state index in [9.17, 15) is 5.11 Å². The Morgan fingerprint density at radius 3 is 2.88 bits per heavy atom. The summed E-state index contributed by atoms with van der Waals surface area (Å²) in [4.78, 5) is 12.9. The number of aromatic nitrogens is 5. The zero-order valence-corrected chi connectivity index (χ0v) is 19.0. The Morgan fingerprint density at radius 1 is 1.21 bits per heavy atom. The second-order valence-corrected chi connectivity index (χ2v) is 8.35. The molecule has 33 heavy (non-hydrogen) atoms. The molecule has 2 N–H and O–H groups in total. The third-order valence-corrected chi connectivity index (χ3v) is 5.61. The Kier molecular flexibility index (Phi) is 5.84. The van der Waals surface area contributed by atoms with E-state index in [-0.39, 0.29) is 12.7 Å². The number of aliphatic hydroxyl groups excluding tert-OH is 1. The monoisotopic (exact) mass is 466 g/mol. The molecular formula is C23H23ClN6O3. The van der Waals surface area contributed by atoms with Gasteiger partial charge in [0, 0.05) is 36.2 Å². The molecule has 1 fully saturated rings. The fourth-order valence-corrected chi connectivity index (χ4v) is 4.02. The van der Waals surface area contributed by atoms with E-state index in [2.05, 4.69) is 25.4 Å². The van der Waals surface area contributed by atoms with Crippen molar-refractivity contribution in [3.8, 4) is 16.9 Å². The number of aliphatic hydroxyl groups is 1. The fourth-order valence-electron chi connectivity index (χ4n) is 3.86. The van der Waals surface area contributed by atoms with Crippen molar-refractivity contribution >= 4 is 28.8 Å². The highest BCUT2D eigenvalue weighted by molar-refractivity contribution is 6.29. The largest absolute Gasteiger partial charge is 0.489 e. The van der Waals surface area contributed by atoms with Gasteiger partial charge >= 0.3 is 0 Å². The number of nitrogens with zero attached hydrogens (tertiary/aromatic N) is 5. The number of rotatable bonds is 6. The van der Waals surface area contributed by atoms with Gasteiger partial charge in [-0.15, -0.1) is 0 Å². The van der Waals surface area contributed by atoms with Crippen LogP contribution in [0.5, 0.6) is 5.75 Å². The molecule has 1 aliphatic heterocycles. The number of halogens is 1. The summed E-state index contributed by atoms with van der Waals surface area (Å²) >= 11 is 6.18. The van der Waals surface area contributed by atoms with Crippen LogP contribution in [0.2, 0.25) is 5.15 Å². The van der Waals surface area contributed by atoms with E-state index in [1.54, 1.807) is 16.8 Å². The predicted octanol–water partition coefficient (Wildman–Crippen LogP) is 3.73. The quantitative estimate of drug-likeness (QED) is 0.414. The number of anilines is 2. The second kappa shape index (κ2) is 8.93. The van der Waals surface area contributed by atoms with Crippen LogP contribution in [0.4, 0.5) is 11.6 Å². The number of nitrogens with one attached hydrogen (secondary N) is 1. The number of aryl methyl sites for hydroxylation is 2. The van der Waals surface area contributed by atoms with Gasteiger partial charge in [0.1, 0.15) is 35.3 Å². The average molecular weight is 467 g/mol. The van der Waals surface area contributed by atoms with Crippen LogP contribution in [0.25, 0.3) is 16.6 Å². The third kappa shape index (κ3) is 4.75. The molecule has 0 amide bonds. The molecule has 0 bridgehead atoms. The minimum Gasteiger partial charge on any atom is -0.489 e. The maximum atomic E-state index is 9.99. The number of hydrogen-bond acceptors (Lipinski definition) is 8. The van der Waals surface area contributed by atoms with Crippen molar-refractivity contribution in [2.45, 2.75) is 32.5 Å². The third-order valence-electron chi connectivity index (χ3n) is 5.41. The molecule has 0 aliphatic carbocycles. The van der Waals surface area contributed by atoms with Crippen molar-refractivity contribution in [3.05, 3.63) is 59.4 Å². The Balaban J connectivity index is 1.42. The molecule has 0 saturated carbocycles. The van der Waals surface area contributed by atoms with Crippen LogP contribution in [-0.2, 0) is 4.74 Å². The molecule has 4 aromatic rings. The number of fused-ring (bicyclic) bond motifs is 1. The first-order chi connectivity index (χ1) is 15.9. The van der Waals surface area contributed by atoms with Crippen molar-refractivity contribution in [1.29, 1.82) is 0 Å². The Hall–Kier alpha value is -3.27. The normalized spacial score (nSPS) is 18.1. The van der Waals surface area contributed by atoms with E-state index in [0.29, 0.717) is 41.4 Å². The first kappa shape index (κ1) is 21.6. The number of ether oxygens (including phenoxy) is 2. The lowest BCUT2D eigenvalue weighted by Gasteiger charge is -2.17. The van der Waals surface area contributed by atoms with Gasteiger partial charge in [-0.1, -0.05) is 11.6 Å². The Morgan fingerprint density at radius 2 is 2.09 bits per heavy atom. The molecule has 0 unspecified atom stereocenters. The smallest absolute Gasteiger partial charge is 0.154 e. The maximum absolute atomic E-state index is 9.99. The summed E-state index contributed by atoms with van der Waals surface area (Å²) in [7, 11) is 0. The second-order valence-electron chi connectivity index (χ2n) is 7.96. The topological polar surface area (TPSA) is 107 Å². The van der Waals surface area contributed by atoms with Crippen molar-refractivity contribution in [1.82, 2.24) is 24.6 Å². The highest BCUT2D eigenvalue weighted by Crippen LogP contribution is 2.33. The van der Waals surface area contributed by atoms with Gasteiger partial charge < -0.3 is 19.9 Å². The first-order valence-electron chi connectivity index (χ1n) is 10.6. The van der Waals surface area contributed by atoms with Crippen LogP contribution in [-0.4, -0.2) is 55.1 Å². The fraction of sp³-hybridized carbons (Fsp3) is 0.304. The van der Waals surface area contributed by atoms with Gasteiger partial charge in [-0.25, -0.2) is 19.5 Å². The van der Waals surface area contributed by atoms with Gasteiger partial charge in [0.15, 0.2) is 5.82 Å². The minimum absolute atomic E-state index is 0.234. The van der Waals surface area contributed by atoms with Crippen LogP contribution in [0.3, 0.4) is 0 Å². The standard InChI is InChI=1S/C23H23ClN6O3/c1-13-7-22(27-14(2)26-13)28-23-9-16-8-15(3-5-30(16)29-23)17-10-21(24)25-11-19(17)33-12-20-18(31)4-6-32-20/h3,5,7-11,18,20,31H,4,6,12H2,1-2H3,(H,26,27,28,29)/t18-,20+/m1/s1. The molecule has 0 spiro atoms. The molecule has 0 radical (unpaired) electrons. The van der Waals surface area contributed by atoms with Crippen molar-refractivity contribution < 1.29 is 14.6 Å². The van der Waals surface area contributed by atoms with Crippen LogP contribution >= 0.6 is 11.6 Å². The van der Waals surface area contributed by atoms with Gasteiger partial charge in [-0.2, -0.15) is 5.10 Å². The molecule has 5 rings (SSSR count). The first-order valence-corrected chi connectivity index (χ1v) is 11.0. The van der Waals surface area contributed by atoms with E-state index in [1.807, 2.05) is 44.3 Å². The van der Waals surface area contributed by atoms with Gasteiger partial charge in [-0.05, 0) is 44.0 Å². The summed E-state index contributed by atoms with van der Waals surface area (Å²) in [5.41, 5.74) is 3.46. The molecule has 5 heterocycles.